The van der Waals surface area contributed by atoms with E-state index in [-0.39, 0.29) is 0 Å². The van der Waals surface area contributed by atoms with Crippen LogP contribution in [0, 0.1) is 0 Å². The molecule has 1 heterocycles. The quantitative estimate of drug-likeness (QED) is 0.700. The zero-order chi connectivity index (χ0) is 8.27. The van der Waals surface area contributed by atoms with Crippen LogP contribution in [0.15, 0.2) is 12.8 Å². The Bertz CT molecular complexity index is 250. The highest BCUT2D eigenvalue weighted by Gasteiger charge is 2.03. The van der Waals surface area contributed by atoms with E-state index in [1.165, 1.54) is 0 Å². The maximum absolute atomic E-state index is 5.54. The molecule has 0 saturated carbocycles. The highest BCUT2D eigenvalue weighted by atomic mass is 15.3. The second-order valence-electron chi connectivity index (χ2n) is 2.27. The molecular formula is C8H13N3. The third kappa shape index (κ3) is 1.33. The van der Waals surface area contributed by atoms with Gasteiger partial charge in [0.2, 0.25) is 0 Å². The van der Waals surface area contributed by atoms with Gasteiger partial charge in [-0.15, -0.1) is 0 Å². The molecule has 3 heteroatoms. The Kier molecular flexibility index (Phi) is 2.44. The lowest BCUT2D eigenvalue weighted by molar-refractivity contribution is 0.622. The summed E-state index contributed by atoms with van der Waals surface area (Å²) < 4.78 is 1.89. The first kappa shape index (κ1) is 8.01. The van der Waals surface area contributed by atoms with Crippen LogP contribution in [0.1, 0.15) is 18.2 Å². The van der Waals surface area contributed by atoms with Crippen LogP contribution >= 0.6 is 0 Å². The van der Waals surface area contributed by atoms with Crippen LogP contribution in [0.25, 0.3) is 6.08 Å². The largest absolute Gasteiger partial charge is 0.325 e. The minimum atomic E-state index is 0.523. The van der Waals surface area contributed by atoms with Gasteiger partial charge in [-0.05, 0) is 6.92 Å². The van der Waals surface area contributed by atoms with Crippen LogP contribution in [0.2, 0.25) is 0 Å². The van der Waals surface area contributed by atoms with Crippen LogP contribution in [-0.4, -0.2) is 9.78 Å². The molecule has 0 aliphatic carbocycles. The van der Waals surface area contributed by atoms with Crippen LogP contribution in [0.3, 0.4) is 0 Å². The number of aryl methyl sites for hydroxylation is 1. The van der Waals surface area contributed by atoms with E-state index in [0.29, 0.717) is 6.54 Å². The molecular weight excluding hydrogens is 138 g/mol. The summed E-state index contributed by atoms with van der Waals surface area (Å²) in [5.74, 6) is 0. The molecule has 0 radical (unpaired) electrons. The summed E-state index contributed by atoms with van der Waals surface area (Å²) >= 11 is 0. The molecule has 0 aliphatic heterocycles. The molecule has 0 saturated heterocycles. The lowest BCUT2D eigenvalue weighted by Crippen LogP contribution is -2.08. The summed E-state index contributed by atoms with van der Waals surface area (Å²) in [4.78, 5) is 0. The Balaban J connectivity index is 3.08. The van der Waals surface area contributed by atoms with Crippen molar-refractivity contribution in [2.45, 2.75) is 20.0 Å². The smallest absolute Gasteiger partial charge is 0.0591 e. The minimum absolute atomic E-state index is 0.523. The molecule has 0 unspecified atom stereocenters. The van der Waals surface area contributed by atoms with Gasteiger partial charge in [0, 0.05) is 18.7 Å². The lowest BCUT2D eigenvalue weighted by Gasteiger charge is -2.01. The number of aromatic nitrogens is 2. The second kappa shape index (κ2) is 3.34. The van der Waals surface area contributed by atoms with Gasteiger partial charge >= 0.3 is 0 Å². The number of hydrogen-bond acceptors (Lipinski definition) is 2. The van der Waals surface area contributed by atoms with Gasteiger partial charge in [-0.25, -0.2) is 0 Å². The molecule has 0 spiro atoms. The molecule has 1 rings (SSSR count). The summed E-state index contributed by atoms with van der Waals surface area (Å²) in [5.41, 5.74) is 7.63. The first-order valence-corrected chi connectivity index (χ1v) is 3.70. The number of hydrogen-bond donors (Lipinski definition) is 1. The van der Waals surface area contributed by atoms with Gasteiger partial charge < -0.3 is 5.73 Å². The maximum Gasteiger partial charge on any atom is 0.0591 e. The van der Waals surface area contributed by atoms with E-state index in [4.69, 9.17) is 5.73 Å². The van der Waals surface area contributed by atoms with Gasteiger partial charge in [-0.2, -0.15) is 5.10 Å². The van der Waals surface area contributed by atoms with Crippen LogP contribution in [0.5, 0.6) is 0 Å². The van der Waals surface area contributed by atoms with E-state index >= 15 is 0 Å². The fourth-order valence-corrected chi connectivity index (χ4v) is 1.09. The predicted octanol–water partition coefficient (Wildman–Crippen LogP) is 1.00. The maximum atomic E-state index is 5.54. The summed E-state index contributed by atoms with van der Waals surface area (Å²) in [6.07, 6.45) is 3.57. The van der Waals surface area contributed by atoms with Crippen molar-refractivity contribution in [1.29, 1.82) is 0 Å². The summed E-state index contributed by atoms with van der Waals surface area (Å²) in [7, 11) is 0. The van der Waals surface area contributed by atoms with Crippen molar-refractivity contribution in [3.63, 3.8) is 0 Å². The van der Waals surface area contributed by atoms with Crippen molar-refractivity contribution in [2.24, 2.45) is 5.73 Å². The summed E-state index contributed by atoms with van der Waals surface area (Å²) in [6, 6.07) is 0. The average molecular weight is 151 g/mol. The topological polar surface area (TPSA) is 43.8 Å². The van der Waals surface area contributed by atoms with E-state index < -0.39 is 0 Å². The van der Waals surface area contributed by atoms with E-state index in [0.717, 1.165) is 17.8 Å². The molecule has 2 N–H and O–H groups in total. The molecule has 11 heavy (non-hydrogen) atoms. The van der Waals surface area contributed by atoms with Crippen molar-refractivity contribution < 1.29 is 0 Å². The van der Waals surface area contributed by atoms with Gasteiger partial charge in [0.1, 0.15) is 0 Å². The fourth-order valence-electron chi connectivity index (χ4n) is 1.09. The van der Waals surface area contributed by atoms with Crippen molar-refractivity contribution in [3.05, 3.63) is 24.0 Å². The molecule has 1 aromatic heterocycles. The zero-order valence-electron chi connectivity index (χ0n) is 6.75. The number of rotatable bonds is 3. The Hall–Kier alpha value is -1.09. The first-order chi connectivity index (χ1) is 5.33. The van der Waals surface area contributed by atoms with Crippen molar-refractivity contribution >= 4 is 6.08 Å². The number of nitrogens with zero attached hydrogens (tertiary/aromatic N) is 2. The van der Waals surface area contributed by atoms with E-state index in [1.54, 1.807) is 12.3 Å². The lowest BCUT2D eigenvalue weighted by atomic mass is 10.2. The molecule has 0 aliphatic rings. The average Bonchev–Trinajstić information content (AvgIpc) is 2.45. The van der Waals surface area contributed by atoms with Gasteiger partial charge in [-0.1, -0.05) is 12.7 Å². The third-order valence-corrected chi connectivity index (χ3v) is 1.69. The van der Waals surface area contributed by atoms with Crippen molar-refractivity contribution in [2.75, 3.05) is 0 Å². The Morgan fingerprint density at radius 2 is 2.55 bits per heavy atom. The second-order valence-corrected chi connectivity index (χ2v) is 2.27. The molecule has 0 fully saturated rings. The number of nitrogens with two attached hydrogens (primary N) is 1. The monoisotopic (exact) mass is 151 g/mol. The Morgan fingerprint density at radius 3 is 3.00 bits per heavy atom. The Morgan fingerprint density at radius 1 is 1.82 bits per heavy atom. The van der Waals surface area contributed by atoms with Gasteiger partial charge in [0.15, 0.2) is 0 Å². The minimum Gasteiger partial charge on any atom is -0.325 e. The SMILES string of the molecule is C=Cc1cnn(CC)c1CN. The van der Waals surface area contributed by atoms with Crippen molar-refractivity contribution in [1.82, 2.24) is 9.78 Å². The van der Waals surface area contributed by atoms with Gasteiger partial charge in [-0.3, -0.25) is 4.68 Å². The molecule has 0 amide bonds. The van der Waals surface area contributed by atoms with Crippen LogP contribution in [-0.2, 0) is 13.1 Å². The Labute approximate surface area is 66.5 Å². The highest BCUT2D eigenvalue weighted by Crippen LogP contribution is 2.08. The van der Waals surface area contributed by atoms with Crippen LogP contribution in [0.4, 0.5) is 0 Å². The van der Waals surface area contributed by atoms with E-state index in [1.807, 2.05) is 11.6 Å². The third-order valence-electron chi connectivity index (χ3n) is 1.69. The first-order valence-electron chi connectivity index (χ1n) is 3.70. The molecule has 3 nitrogen and oxygen atoms in total. The fraction of sp³-hybridized carbons (Fsp3) is 0.375. The molecule has 0 bridgehead atoms. The molecule has 1 aromatic rings. The predicted molar refractivity (Wildman–Crippen MR) is 45.9 cm³/mol. The van der Waals surface area contributed by atoms with Gasteiger partial charge in [0.25, 0.3) is 0 Å². The molecule has 0 atom stereocenters. The standard InChI is InChI=1S/C8H13N3/c1-3-7-6-10-11(4-2)8(7)5-9/h3,6H,1,4-5,9H2,2H3. The van der Waals surface area contributed by atoms with Gasteiger partial charge in [0.05, 0.1) is 11.9 Å². The zero-order valence-corrected chi connectivity index (χ0v) is 6.75. The highest BCUT2D eigenvalue weighted by molar-refractivity contribution is 5.48. The normalized spacial score (nSPS) is 10.0. The molecule has 60 valence electrons. The summed E-state index contributed by atoms with van der Waals surface area (Å²) in [5, 5.41) is 4.14. The molecule has 0 aromatic carbocycles. The van der Waals surface area contributed by atoms with E-state index in [9.17, 15) is 0 Å². The van der Waals surface area contributed by atoms with E-state index in [2.05, 4.69) is 11.7 Å². The van der Waals surface area contributed by atoms with Crippen molar-refractivity contribution in [3.8, 4) is 0 Å². The summed E-state index contributed by atoms with van der Waals surface area (Å²) in [6.45, 7) is 7.10. The van der Waals surface area contributed by atoms with Crippen LogP contribution < -0.4 is 5.73 Å².